The Morgan fingerprint density at radius 3 is 2.64 bits per heavy atom. The van der Waals surface area contributed by atoms with Crippen molar-refractivity contribution < 1.29 is 19.1 Å². The molecule has 4 rings (SSSR count). The van der Waals surface area contributed by atoms with Crippen LogP contribution in [0.3, 0.4) is 0 Å². The van der Waals surface area contributed by atoms with Gasteiger partial charge in [-0.3, -0.25) is 9.59 Å². The molecule has 2 aromatic rings. The monoisotopic (exact) mass is 338 g/mol. The van der Waals surface area contributed by atoms with E-state index in [2.05, 4.69) is 0 Å². The van der Waals surface area contributed by atoms with Gasteiger partial charge in [0, 0.05) is 13.0 Å². The van der Waals surface area contributed by atoms with Gasteiger partial charge in [0.05, 0.1) is 6.42 Å². The predicted molar refractivity (Wildman–Crippen MR) is 89.9 cm³/mol. The lowest BCUT2D eigenvalue weighted by atomic mass is 9.93. The van der Waals surface area contributed by atoms with E-state index in [9.17, 15) is 9.59 Å². The van der Waals surface area contributed by atoms with Crippen LogP contribution in [0.25, 0.3) is 0 Å². The van der Waals surface area contributed by atoms with Crippen molar-refractivity contribution in [3.05, 3.63) is 59.2 Å². The summed E-state index contributed by atoms with van der Waals surface area (Å²) in [6.07, 6.45) is 0.640. The highest BCUT2D eigenvalue weighted by Crippen LogP contribution is 2.33. The number of carbonyl (C=O) groups excluding carboxylic acids is 2. The van der Waals surface area contributed by atoms with Crippen LogP contribution in [0.2, 0.25) is 0 Å². The summed E-state index contributed by atoms with van der Waals surface area (Å²) >= 11 is 0. The van der Waals surface area contributed by atoms with Gasteiger partial charge in [0.2, 0.25) is 18.6 Å². The molecule has 0 saturated carbocycles. The van der Waals surface area contributed by atoms with Gasteiger partial charge in [-0.05, 0) is 28.8 Å². The smallest absolute Gasteiger partial charge is 0.240 e. The average molecular weight is 338 g/mol. The first-order valence-corrected chi connectivity index (χ1v) is 8.16. The van der Waals surface area contributed by atoms with Crippen molar-refractivity contribution >= 4 is 11.8 Å². The fourth-order valence-electron chi connectivity index (χ4n) is 3.37. The lowest BCUT2D eigenvalue weighted by molar-refractivity contribution is -0.140. The zero-order valence-electron chi connectivity index (χ0n) is 13.6. The van der Waals surface area contributed by atoms with E-state index in [1.54, 1.807) is 17.0 Å². The minimum absolute atomic E-state index is 0.128. The van der Waals surface area contributed by atoms with Crippen LogP contribution in [0.15, 0.2) is 42.5 Å². The van der Waals surface area contributed by atoms with Gasteiger partial charge < -0.3 is 20.1 Å². The normalized spacial score (nSPS) is 17.9. The number of rotatable bonds is 3. The fraction of sp³-hybridized carbons (Fsp3) is 0.263. The molecule has 0 bridgehead atoms. The number of primary amides is 1. The van der Waals surface area contributed by atoms with Crippen molar-refractivity contribution in [3.8, 4) is 11.5 Å². The summed E-state index contributed by atoms with van der Waals surface area (Å²) < 4.78 is 10.6. The Labute approximate surface area is 145 Å². The molecule has 0 saturated heterocycles. The molecule has 25 heavy (non-hydrogen) atoms. The molecule has 128 valence electrons. The summed E-state index contributed by atoms with van der Waals surface area (Å²) in [6, 6.07) is 12.6. The zero-order chi connectivity index (χ0) is 17.4. The van der Waals surface area contributed by atoms with Gasteiger partial charge in [-0.25, -0.2) is 0 Å². The maximum absolute atomic E-state index is 12.8. The molecule has 0 fully saturated rings. The Kier molecular flexibility index (Phi) is 3.80. The molecule has 0 unspecified atom stereocenters. The SMILES string of the molecule is NC(=O)[C@@H]1Cc2ccccc2CN1C(=O)Cc1ccc2c(c1)OCO2. The van der Waals surface area contributed by atoms with E-state index in [0.29, 0.717) is 24.5 Å². The molecule has 2 aliphatic rings. The fourth-order valence-corrected chi connectivity index (χ4v) is 3.37. The minimum atomic E-state index is -0.614. The van der Waals surface area contributed by atoms with Crippen LogP contribution in [0, 0.1) is 0 Å². The second-order valence-electron chi connectivity index (χ2n) is 6.28. The number of amides is 2. The third-order valence-electron chi connectivity index (χ3n) is 4.69. The summed E-state index contributed by atoms with van der Waals surface area (Å²) in [5, 5.41) is 0. The second kappa shape index (κ2) is 6.12. The van der Waals surface area contributed by atoms with Crippen LogP contribution >= 0.6 is 0 Å². The number of nitrogens with zero attached hydrogens (tertiary/aromatic N) is 1. The van der Waals surface area contributed by atoms with Crippen molar-refractivity contribution in [1.82, 2.24) is 4.90 Å². The molecule has 0 spiro atoms. The summed E-state index contributed by atoms with van der Waals surface area (Å²) in [5.74, 6) is 0.713. The van der Waals surface area contributed by atoms with Crippen molar-refractivity contribution in [2.24, 2.45) is 5.73 Å². The summed E-state index contributed by atoms with van der Waals surface area (Å²) in [4.78, 5) is 26.3. The molecule has 0 aliphatic carbocycles. The molecule has 6 heteroatoms. The van der Waals surface area contributed by atoms with Gasteiger partial charge >= 0.3 is 0 Å². The number of nitrogens with two attached hydrogens (primary N) is 1. The van der Waals surface area contributed by atoms with E-state index in [-0.39, 0.29) is 19.1 Å². The van der Waals surface area contributed by atoms with Gasteiger partial charge in [0.15, 0.2) is 11.5 Å². The van der Waals surface area contributed by atoms with Crippen LogP contribution in [0.4, 0.5) is 0 Å². The van der Waals surface area contributed by atoms with Crippen LogP contribution in [0.5, 0.6) is 11.5 Å². The number of hydrogen-bond donors (Lipinski definition) is 1. The highest BCUT2D eigenvalue weighted by Gasteiger charge is 2.33. The first kappa shape index (κ1) is 15.5. The van der Waals surface area contributed by atoms with Crippen LogP contribution in [-0.4, -0.2) is 29.5 Å². The van der Waals surface area contributed by atoms with E-state index in [4.69, 9.17) is 15.2 Å². The van der Waals surface area contributed by atoms with Gasteiger partial charge in [-0.1, -0.05) is 30.3 Å². The molecule has 2 N–H and O–H groups in total. The maximum atomic E-state index is 12.8. The van der Waals surface area contributed by atoms with Crippen LogP contribution in [0.1, 0.15) is 16.7 Å². The average Bonchev–Trinajstić information content (AvgIpc) is 3.08. The molecule has 1 atom stereocenters. The first-order chi connectivity index (χ1) is 12.1. The topological polar surface area (TPSA) is 81.9 Å². The summed E-state index contributed by atoms with van der Waals surface area (Å²) in [6.45, 7) is 0.590. The highest BCUT2D eigenvalue weighted by molar-refractivity contribution is 5.88. The molecular weight excluding hydrogens is 320 g/mol. The molecule has 2 aromatic carbocycles. The first-order valence-electron chi connectivity index (χ1n) is 8.16. The van der Waals surface area contributed by atoms with Crippen molar-refractivity contribution in [1.29, 1.82) is 0 Å². The molecule has 2 aliphatic heterocycles. The van der Waals surface area contributed by atoms with E-state index in [1.807, 2.05) is 30.3 Å². The number of benzene rings is 2. The lowest BCUT2D eigenvalue weighted by Gasteiger charge is -2.35. The number of carbonyl (C=O) groups is 2. The van der Waals surface area contributed by atoms with Gasteiger partial charge in [-0.15, -0.1) is 0 Å². The third-order valence-corrected chi connectivity index (χ3v) is 4.69. The van der Waals surface area contributed by atoms with Crippen LogP contribution in [-0.2, 0) is 29.0 Å². The van der Waals surface area contributed by atoms with E-state index >= 15 is 0 Å². The minimum Gasteiger partial charge on any atom is -0.454 e. The van der Waals surface area contributed by atoms with E-state index < -0.39 is 11.9 Å². The quantitative estimate of drug-likeness (QED) is 0.917. The lowest BCUT2D eigenvalue weighted by Crippen LogP contribution is -2.51. The van der Waals surface area contributed by atoms with E-state index in [1.165, 1.54) is 0 Å². The molecular formula is C19H18N2O4. The predicted octanol–water partition coefficient (Wildman–Crippen LogP) is 1.40. The Morgan fingerprint density at radius 1 is 1.08 bits per heavy atom. The molecule has 0 aromatic heterocycles. The van der Waals surface area contributed by atoms with Gasteiger partial charge in [0.25, 0.3) is 0 Å². The molecule has 2 heterocycles. The number of fused-ring (bicyclic) bond motifs is 2. The standard InChI is InChI=1S/C19H18N2O4/c20-19(23)15-9-13-3-1-2-4-14(13)10-21(15)18(22)8-12-5-6-16-17(7-12)25-11-24-16/h1-7,15H,8-11H2,(H2,20,23)/t15-/m0/s1. The van der Waals surface area contributed by atoms with Gasteiger partial charge in [-0.2, -0.15) is 0 Å². The Hall–Kier alpha value is -3.02. The Bertz CT molecular complexity index is 849. The summed E-state index contributed by atoms with van der Waals surface area (Å²) in [5.41, 5.74) is 8.49. The highest BCUT2D eigenvalue weighted by atomic mass is 16.7. The van der Waals surface area contributed by atoms with Gasteiger partial charge in [0.1, 0.15) is 6.04 Å². The summed E-state index contributed by atoms with van der Waals surface area (Å²) in [7, 11) is 0. The maximum Gasteiger partial charge on any atom is 0.240 e. The van der Waals surface area contributed by atoms with Crippen molar-refractivity contribution in [3.63, 3.8) is 0 Å². The largest absolute Gasteiger partial charge is 0.454 e. The Balaban J connectivity index is 1.56. The number of ether oxygens (including phenoxy) is 2. The van der Waals surface area contributed by atoms with Crippen molar-refractivity contribution in [2.45, 2.75) is 25.4 Å². The molecule has 0 radical (unpaired) electrons. The van der Waals surface area contributed by atoms with E-state index in [0.717, 1.165) is 16.7 Å². The van der Waals surface area contributed by atoms with Crippen molar-refractivity contribution in [2.75, 3.05) is 6.79 Å². The molecule has 6 nitrogen and oxygen atoms in total. The number of hydrogen-bond acceptors (Lipinski definition) is 4. The third kappa shape index (κ3) is 2.91. The van der Waals surface area contributed by atoms with Crippen LogP contribution < -0.4 is 15.2 Å². The molecule has 2 amide bonds. The second-order valence-corrected chi connectivity index (χ2v) is 6.28. The Morgan fingerprint density at radius 2 is 1.84 bits per heavy atom. The zero-order valence-corrected chi connectivity index (χ0v) is 13.6.